The Morgan fingerprint density at radius 2 is 1.97 bits per heavy atom. The molecular weight excluding hydrogens is 472 g/mol. The number of nitrogens with zero attached hydrogens (tertiary/aromatic N) is 2. The average molecular weight is 489 g/mol. The fourth-order valence-corrected chi connectivity index (χ4v) is 4.42. The Hall–Kier alpha value is -3.21. The summed E-state index contributed by atoms with van der Waals surface area (Å²) in [5.41, 5.74) is 1.01. The van der Waals surface area contributed by atoms with Crippen molar-refractivity contribution in [2.75, 3.05) is 14.2 Å². The average Bonchev–Trinajstić information content (AvgIpc) is 3.22. The van der Waals surface area contributed by atoms with Gasteiger partial charge in [0.15, 0.2) is 10.5 Å². The van der Waals surface area contributed by atoms with Crippen molar-refractivity contribution in [3.63, 3.8) is 0 Å². The number of thiophene rings is 1. The summed E-state index contributed by atoms with van der Waals surface area (Å²) >= 11 is 12.3. The number of fused-ring (bicyclic) bond motifs is 1. The number of aromatic nitrogens is 3. The van der Waals surface area contributed by atoms with E-state index in [4.69, 9.17) is 33.3 Å². The maximum absolute atomic E-state index is 13.2. The van der Waals surface area contributed by atoms with Crippen LogP contribution in [0, 0.1) is 4.77 Å². The van der Waals surface area contributed by atoms with E-state index in [9.17, 15) is 9.59 Å². The molecule has 0 bridgehead atoms. The van der Waals surface area contributed by atoms with Crippen LogP contribution in [0.4, 0.5) is 0 Å². The molecular formula is C21H17ClN4O4S2. The summed E-state index contributed by atoms with van der Waals surface area (Å²) in [7, 11) is 2.95. The molecule has 3 aromatic heterocycles. The number of halogens is 1. The summed E-state index contributed by atoms with van der Waals surface area (Å²) in [5.74, 6) is 0.629. The molecule has 1 aromatic carbocycles. The van der Waals surface area contributed by atoms with Gasteiger partial charge in [0.2, 0.25) is 0 Å². The second kappa shape index (κ2) is 9.11. The van der Waals surface area contributed by atoms with Gasteiger partial charge in [-0.05, 0) is 48.1 Å². The lowest BCUT2D eigenvalue weighted by Gasteiger charge is -2.10. The van der Waals surface area contributed by atoms with E-state index in [1.54, 1.807) is 30.3 Å². The van der Waals surface area contributed by atoms with E-state index in [1.165, 1.54) is 18.8 Å². The predicted octanol–water partition coefficient (Wildman–Crippen LogP) is 4.11. The van der Waals surface area contributed by atoms with E-state index in [2.05, 4.69) is 15.3 Å². The van der Waals surface area contributed by atoms with Gasteiger partial charge in [0.05, 0.1) is 24.6 Å². The van der Waals surface area contributed by atoms with Crippen LogP contribution in [0.2, 0.25) is 5.02 Å². The number of ether oxygens (including phenoxy) is 2. The lowest BCUT2D eigenvalue weighted by molar-refractivity contribution is 0.0955. The molecule has 1 amide bonds. The van der Waals surface area contributed by atoms with Crippen LogP contribution in [-0.2, 0) is 6.54 Å². The largest absolute Gasteiger partial charge is 0.491 e. The van der Waals surface area contributed by atoms with E-state index < -0.39 is 0 Å². The maximum Gasteiger partial charge on any atom is 0.278 e. The molecule has 3 heterocycles. The summed E-state index contributed by atoms with van der Waals surface area (Å²) in [6.45, 7) is 0.333. The molecule has 0 aliphatic carbocycles. The first kappa shape index (κ1) is 22.0. The first-order chi connectivity index (χ1) is 15.4. The molecule has 164 valence electrons. The summed E-state index contributed by atoms with van der Waals surface area (Å²) in [4.78, 5) is 33.5. The van der Waals surface area contributed by atoms with Gasteiger partial charge in [-0.2, -0.15) is 4.98 Å². The molecule has 4 aromatic rings. The van der Waals surface area contributed by atoms with Crippen LogP contribution in [0.15, 0.2) is 47.3 Å². The number of carbonyl (C=O) groups is 1. The fraction of sp³-hybridized carbons (Fsp3) is 0.143. The van der Waals surface area contributed by atoms with Crippen molar-refractivity contribution < 1.29 is 14.3 Å². The van der Waals surface area contributed by atoms with Gasteiger partial charge in [-0.1, -0.05) is 23.7 Å². The molecule has 8 nitrogen and oxygen atoms in total. The van der Waals surface area contributed by atoms with Gasteiger partial charge in [0.1, 0.15) is 10.5 Å². The Kier molecular flexibility index (Phi) is 6.26. The third kappa shape index (κ3) is 4.24. The zero-order valence-electron chi connectivity index (χ0n) is 17.0. The minimum absolute atomic E-state index is 0.146. The van der Waals surface area contributed by atoms with E-state index in [0.29, 0.717) is 32.4 Å². The number of pyridine rings is 1. The predicted molar refractivity (Wildman–Crippen MR) is 126 cm³/mol. The van der Waals surface area contributed by atoms with Gasteiger partial charge in [-0.3, -0.25) is 9.59 Å². The summed E-state index contributed by atoms with van der Waals surface area (Å²) in [6.07, 6.45) is 0. The summed E-state index contributed by atoms with van der Waals surface area (Å²) in [5, 5.41) is 3.47. The van der Waals surface area contributed by atoms with Crippen molar-refractivity contribution in [1.29, 1.82) is 0 Å². The number of nitrogens with one attached hydrogen (secondary N) is 2. The quantitative estimate of drug-likeness (QED) is 0.396. The molecule has 0 unspecified atom stereocenters. The first-order valence-corrected chi connectivity index (χ1v) is 10.9. The monoisotopic (exact) mass is 488 g/mol. The number of hydrogen-bond donors (Lipinski definition) is 2. The number of rotatable bonds is 6. The molecule has 0 aliphatic heterocycles. The van der Waals surface area contributed by atoms with Crippen molar-refractivity contribution in [2.45, 2.75) is 6.54 Å². The highest BCUT2D eigenvalue weighted by Crippen LogP contribution is 2.26. The van der Waals surface area contributed by atoms with E-state index in [1.807, 2.05) is 12.1 Å². The number of hydrogen-bond acceptors (Lipinski definition) is 7. The van der Waals surface area contributed by atoms with Gasteiger partial charge < -0.3 is 19.8 Å². The van der Waals surface area contributed by atoms with Crippen LogP contribution in [0.25, 0.3) is 16.0 Å². The molecule has 0 radical (unpaired) electrons. The molecule has 0 aliphatic rings. The standard InChI is InChI=1S/C21H17ClN4O4S2/c1-29-14-7-8-16(25-19(14)30-2)26-20(28)17-13(24-21(26)31)9-15(32-17)18(27)23-10-11-3-5-12(22)6-4-11/h3-9H,10H2,1-2H3,(H,23,27)(H,24,31). The second-order valence-corrected chi connectivity index (χ2v) is 8.49. The van der Waals surface area contributed by atoms with Crippen LogP contribution in [0.1, 0.15) is 15.2 Å². The third-order valence-electron chi connectivity index (χ3n) is 4.62. The van der Waals surface area contributed by atoms with E-state index >= 15 is 0 Å². The molecule has 32 heavy (non-hydrogen) atoms. The number of methoxy groups -OCH3 is 2. The molecule has 11 heteroatoms. The van der Waals surface area contributed by atoms with Crippen molar-refractivity contribution >= 4 is 51.3 Å². The van der Waals surface area contributed by atoms with Crippen LogP contribution < -0.4 is 20.3 Å². The van der Waals surface area contributed by atoms with Crippen LogP contribution >= 0.6 is 35.2 Å². The molecule has 0 saturated heterocycles. The van der Waals surface area contributed by atoms with Crippen molar-refractivity contribution in [3.05, 3.63) is 73.1 Å². The first-order valence-electron chi connectivity index (χ1n) is 9.32. The highest BCUT2D eigenvalue weighted by molar-refractivity contribution is 7.71. The lowest BCUT2D eigenvalue weighted by atomic mass is 10.2. The van der Waals surface area contributed by atoms with E-state index in [-0.39, 0.29) is 27.9 Å². The molecule has 2 N–H and O–H groups in total. The normalized spacial score (nSPS) is 10.8. The molecule has 0 saturated carbocycles. The maximum atomic E-state index is 13.2. The minimum atomic E-state index is -0.384. The minimum Gasteiger partial charge on any atom is -0.491 e. The number of amides is 1. The molecule has 0 atom stereocenters. The smallest absolute Gasteiger partial charge is 0.278 e. The van der Waals surface area contributed by atoms with Gasteiger partial charge in [0, 0.05) is 11.6 Å². The van der Waals surface area contributed by atoms with Crippen molar-refractivity contribution in [1.82, 2.24) is 19.9 Å². The number of H-pyrrole nitrogens is 1. The zero-order chi connectivity index (χ0) is 22.8. The molecule has 0 spiro atoms. The van der Waals surface area contributed by atoms with Gasteiger partial charge in [0.25, 0.3) is 17.3 Å². The van der Waals surface area contributed by atoms with Crippen LogP contribution in [-0.4, -0.2) is 34.7 Å². The topological polar surface area (TPSA) is 98.2 Å². The fourth-order valence-electron chi connectivity index (χ4n) is 3.04. The zero-order valence-corrected chi connectivity index (χ0v) is 19.4. The van der Waals surface area contributed by atoms with Gasteiger partial charge in [-0.15, -0.1) is 11.3 Å². The van der Waals surface area contributed by atoms with Gasteiger partial charge in [-0.25, -0.2) is 4.57 Å². The Morgan fingerprint density at radius 1 is 1.22 bits per heavy atom. The van der Waals surface area contributed by atoms with E-state index in [0.717, 1.165) is 16.9 Å². The molecule has 4 rings (SSSR count). The Balaban J connectivity index is 1.67. The summed E-state index contributed by atoms with van der Waals surface area (Å²) in [6, 6.07) is 12.0. The summed E-state index contributed by atoms with van der Waals surface area (Å²) < 4.78 is 12.2. The third-order valence-corrected chi connectivity index (χ3v) is 6.28. The van der Waals surface area contributed by atoms with Crippen molar-refractivity contribution in [2.24, 2.45) is 0 Å². The van der Waals surface area contributed by atoms with Gasteiger partial charge >= 0.3 is 0 Å². The highest BCUT2D eigenvalue weighted by Gasteiger charge is 2.17. The lowest BCUT2D eigenvalue weighted by Crippen LogP contribution is -2.21. The second-order valence-electron chi connectivity index (χ2n) is 6.61. The Labute approximate surface area is 196 Å². The Bertz CT molecular complexity index is 1430. The Morgan fingerprint density at radius 3 is 2.66 bits per heavy atom. The number of aromatic amines is 1. The SMILES string of the molecule is COc1ccc(-n2c(=S)[nH]c3cc(C(=O)NCc4ccc(Cl)cc4)sc3c2=O)nc1OC. The van der Waals surface area contributed by atoms with Crippen molar-refractivity contribution in [3.8, 4) is 17.4 Å². The highest BCUT2D eigenvalue weighted by atomic mass is 35.5. The number of benzene rings is 1. The number of carbonyl (C=O) groups excluding carboxylic acids is 1. The molecule has 0 fully saturated rings. The van der Waals surface area contributed by atoms with Crippen LogP contribution in [0.5, 0.6) is 11.6 Å². The van der Waals surface area contributed by atoms with Crippen LogP contribution in [0.3, 0.4) is 0 Å².